The van der Waals surface area contributed by atoms with E-state index in [0.717, 1.165) is 11.1 Å². The summed E-state index contributed by atoms with van der Waals surface area (Å²) in [4.78, 5) is 26.0. The van der Waals surface area contributed by atoms with Gasteiger partial charge in [0.2, 0.25) is 11.8 Å². The number of aromatic nitrogens is 2. The predicted molar refractivity (Wildman–Crippen MR) is 102 cm³/mol. The smallest absolute Gasteiger partial charge is 0.336 e. The second kappa shape index (κ2) is 7.84. The summed E-state index contributed by atoms with van der Waals surface area (Å²) in [5.74, 6) is 1.08. The van der Waals surface area contributed by atoms with Crippen LogP contribution in [0, 0.1) is 13.8 Å². The lowest BCUT2D eigenvalue weighted by molar-refractivity contribution is -0.137. The molecule has 0 aliphatic rings. The maximum absolute atomic E-state index is 12.7. The lowest BCUT2D eigenvalue weighted by Gasteiger charge is -2.22. The molecule has 0 N–H and O–H groups in total. The van der Waals surface area contributed by atoms with Gasteiger partial charge in [-0.15, -0.1) is 10.2 Å². The summed E-state index contributed by atoms with van der Waals surface area (Å²) in [7, 11) is 1.65. The maximum Gasteiger partial charge on any atom is 0.336 e. The minimum absolute atomic E-state index is 0.191. The molecule has 148 valence electrons. The fourth-order valence-electron chi connectivity index (χ4n) is 3.08. The van der Waals surface area contributed by atoms with Gasteiger partial charge in [-0.2, -0.15) is 0 Å². The average Bonchev–Trinajstić information content (AvgIpc) is 3.04. The Hall–Kier alpha value is -3.16. The fraction of sp³-hybridized carbons (Fsp3) is 0.400. The number of likely N-dealkylation sites (N-methyl/N-ethyl adjacent to an activating group) is 1. The highest BCUT2D eigenvalue weighted by molar-refractivity contribution is 5.88. The standard InChI is InChI=1S/C20H23N3O5/c1-6-14-9-18(24)28-16-8-11(2)7-15(19(14)16)26-12(3)20(25)23(5)10-17-22-21-13(4)27-17/h7-9,12H,6,10H2,1-5H3. The monoisotopic (exact) mass is 385 g/mol. The van der Waals surface area contributed by atoms with E-state index in [1.807, 2.05) is 19.9 Å². The molecular formula is C20H23N3O5. The van der Waals surface area contributed by atoms with Crippen molar-refractivity contribution in [3.05, 3.63) is 51.5 Å². The van der Waals surface area contributed by atoms with Crippen molar-refractivity contribution in [2.45, 2.75) is 46.8 Å². The first-order chi connectivity index (χ1) is 13.3. The predicted octanol–water partition coefficient (Wildman–Crippen LogP) is 2.78. The molecule has 1 unspecified atom stereocenters. The molecule has 28 heavy (non-hydrogen) atoms. The van der Waals surface area contributed by atoms with Crippen LogP contribution in [0.4, 0.5) is 0 Å². The zero-order valence-corrected chi connectivity index (χ0v) is 16.6. The molecule has 1 atom stereocenters. The van der Waals surface area contributed by atoms with E-state index in [4.69, 9.17) is 13.6 Å². The third-order valence-corrected chi connectivity index (χ3v) is 4.38. The van der Waals surface area contributed by atoms with Gasteiger partial charge in [-0.05, 0) is 43.5 Å². The summed E-state index contributed by atoms with van der Waals surface area (Å²) in [6.45, 7) is 7.39. The summed E-state index contributed by atoms with van der Waals surface area (Å²) in [5, 5.41) is 8.37. The van der Waals surface area contributed by atoms with Crippen molar-refractivity contribution in [2.75, 3.05) is 7.05 Å². The van der Waals surface area contributed by atoms with Crippen LogP contribution in [0.15, 0.2) is 31.8 Å². The molecule has 0 saturated carbocycles. The summed E-state index contributed by atoms with van der Waals surface area (Å²) in [6, 6.07) is 5.09. The molecule has 0 radical (unpaired) electrons. The molecular weight excluding hydrogens is 362 g/mol. The number of amides is 1. The summed E-state index contributed by atoms with van der Waals surface area (Å²) >= 11 is 0. The molecule has 8 nitrogen and oxygen atoms in total. The van der Waals surface area contributed by atoms with Gasteiger partial charge in [0.25, 0.3) is 5.91 Å². The summed E-state index contributed by atoms with van der Waals surface area (Å²) in [6.07, 6.45) is -0.115. The molecule has 2 aromatic heterocycles. The van der Waals surface area contributed by atoms with E-state index in [2.05, 4.69) is 10.2 Å². The van der Waals surface area contributed by atoms with Gasteiger partial charge in [-0.3, -0.25) is 4.79 Å². The highest BCUT2D eigenvalue weighted by Gasteiger charge is 2.23. The second-order valence-corrected chi connectivity index (χ2v) is 6.75. The van der Waals surface area contributed by atoms with Gasteiger partial charge in [-0.25, -0.2) is 4.79 Å². The van der Waals surface area contributed by atoms with Crippen LogP contribution >= 0.6 is 0 Å². The number of ether oxygens (including phenoxy) is 1. The van der Waals surface area contributed by atoms with Crippen molar-refractivity contribution in [2.24, 2.45) is 0 Å². The molecule has 2 heterocycles. The molecule has 1 amide bonds. The van der Waals surface area contributed by atoms with Crippen LogP contribution in [-0.2, 0) is 17.8 Å². The topological polar surface area (TPSA) is 98.7 Å². The van der Waals surface area contributed by atoms with E-state index in [1.165, 1.54) is 11.0 Å². The largest absolute Gasteiger partial charge is 0.480 e. The lowest BCUT2D eigenvalue weighted by Crippen LogP contribution is -2.37. The minimum atomic E-state index is -0.754. The van der Waals surface area contributed by atoms with Crippen molar-refractivity contribution in [1.82, 2.24) is 15.1 Å². The van der Waals surface area contributed by atoms with E-state index in [9.17, 15) is 9.59 Å². The van der Waals surface area contributed by atoms with Gasteiger partial charge in [0.15, 0.2) is 6.10 Å². The summed E-state index contributed by atoms with van der Waals surface area (Å²) in [5.41, 5.74) is 1.73. The third-order valence-electron chi connectivity index (χ3n) is 4.38. The molecule has 3 aromatic rings. The third kappa shape index (κ3) is 4.05. The Bertz CT molecular complexity index is 1070. The highest BCUT2D eigenvalue weighted by Crippen LogP contribution is 2.31. The number of carbonyl (C=O) groups is 1. The highest BCUT2D eigenvalue weighted by atomic mass is 16.5. The Kier molecular flexibility index (Phi) is 5.48. The Morgan fingerprint density at radius 3 is 2.61 bits per heavy atom. The second-order valence-electron chi connectivity index (χ2n) is 6.75. The van der Waals surface area contributed by atoms with Gasteiger partial charge in [0.05, 0.1) is 11.9 Å². The van der Waals surface area contributed by atoms with Crippen LogP contribution in [0.25, 0.3) is 11.0 Å². The van der Waals surface area contributed by atoms with Crippen molar-refractivity contribution < 1.29 is 18.4 Å². The first-order valence-corrected chi connectivity index (χ1v) is 9.06. The Morgan fingerprint density at radius 2 is 1.96 bits per heavy atom. The lowest BCUT2D eigenvalue weighted by atomic mass is 10.0. The molecule has 0 aliphatic heterocycles. The zero-order chi connectivity index (χ0) is 20.4. The average molecular weight is 385 g/mol. The molecule has 0 fully saturated rings. The fourth-order valence-corrected chi connectivity index (χ4v) is 3.08. The quantitative estimate of drug-likeness (QED) is 0.602. The van der Waals surface area contributed by atoms with Gasteiger partial charge in [-0.1, -0.05) is 6.92 Å². The summed E-state index contributed by atoms with van der Waals surface area (Å²) < 4.78 is 16.7. The van der Waals surface area contributed by atoms with Crippen LogP contribution in [-0.4, -0.2) is 34.2 Å². The van der Waals surface area contributed by atoms with E-state index < -0.39 is 11.7 Å². The van der Waals surface area contributed by atoms with Crippen LogP contribution in [0.2, 0.25) is 0 Å². The number of rotatable bonds is 6. The molecule has 0 spiro atoms. The Labute approximate surface area is 162 Å². The Morgan fingerprint density at radius 1 is 1.21 bits per heavy atom. The van der Waals surface area contributed by atoms with Crippen molar-refractivity contribution in [3.8, 4) is 5.75 Å². The van der Waals surface area contributed by atoms with E-state index in [1.54, 1.807) is 27.0 Å². The molecule has 0 saturated heterocycles. The number of nitrogens with zero attached hydrogens (tertiary/aromatic N) is 3. The molecule has 8 heteroatoms. The van der Waals surface area contributed by atoms with Crippen molar-refractivity contribution in [3.63, 3.8) is 0 Å². The number of carbonyl (C=O) groups excluding carboxylic acids is 1. The van der Waals surface area contributed by atoms with E-state index in [-0.39, 0.29) is 12.5 Å². The van der Waals surface area contributed by atoms with Crippen LogP contribution < -0.4 is 10.4 Å². The minimum Gasteiger partial charge on any atom is -0.480 e. The number of benzene rings is 1. The SMILES string of the molecule is CCc1cc(=O)oc2cc(C)cc(OC(C)C(=O)N(C)Cc3nnc(C)o3)c12. The van der Waals surface area contributed by atoms with Crippen molar-refractivity contribution >= 4 is 16.9 Å². The molecule has 0 bridgehead atoms. The first-order valence-electron chi connectivity index (χ1n) is 9.06. The zero-order valence-electron chi connectivity index (χ0n) is 16.6. The number of hydrogen-bond acceptors (Lipinski definition) is 7. The first kappa shape index (κ1) is 19.6. The molecule has 0 aliphatic carbocycles. The van der Waals surface area contributed by atoms with Gasteiger partial charge in [0.1, 0.15) is 11.3 Å². The number of aryl methyl sites for hydroxylation is 3. The van der Waals surface area contributed by atoms with Crippen molar-refractivity contribution in [1.29, 1.82) is 0 Å². The molecule has 1 aromatic carbocycles. The van der Waals surface area contributed by atoms with Crippen LogP contribution in [0.3, 0.4) is 0 Å². The maximum atomic E-state index is 12.7. The Balaban J connectivity index is 1.86. The van der Waals surface area contributed by atoms with Gasteiger partial charge in [0, 0.05) is 20.0 Å². The van der Waals surface area contributed by atoms with E-state index in [0.29, 0.717) is 34.9 Å². The van der Waals surface area contributed by atoms with E-state index >= 15 is 0 Å². The number of hydrogen-bond donors (Lipinski definition) is 0. The van der Waals surface area contributed by atoms with Gasteiger partial charge < -0.3 is 18.5 Å². The van der Waals surface area contributed by atoms with Gasteiger partial charge >= 0.3 is 5.63 Å². The van der Waals surface area contributed by atoms with Crippen LogP contribution in [0.5, 0.6) is 5.75 Å². The normalized spacial score (nSPS) is 12.2. The molecule has 3 rings (SSSR count). The number of fused-ring (bicyclic) bond motifs is 1. The van der Waals surface area contributed by atoms with Crippen LogP contribution in [0.1, 0.15) is 36.8 Å².